The molecule has 1 heterocycles. The van der Waals surface area contributed by atoms with Gasteiger partial charge >= 0.3 is 18.2 Å². The van der Waals surface area contributed by atoms with Crippen molar-refractivity contribution in [2.24, 2.45) is 10.9 Å². The number of rotatable bonds is 3. The van der Waals surface area contributed by atoms with Gasteiger partial charge in [0.05, 0.1) is 18.2 Å². The molecule has 1 aliphatic heterocycles. The Morgan fingerprint density at radius 1 is 1.35 bits per heavy atom. The molecule has 23 heavy (non-hydrogen) atoms. The third-order valence-electron chi connectivity index (χ3n) is 3.48. The van der Waals surface area contributed by atoms with Gasteiger partial charge in [0.2, 0.25) is 0 Å². The van der Waals surface area contributed by atoms with Crippen molar-refractivity contribution in [2.75, 3.05) is 6.61 Å². The van der Waals surface area contributed by atoms with Crippen LogP contribution in [0.2, 0.25) is 0 Å². The van der Waals surface area contributed by atoms with Gasteiger partial charge in [0.15, 0.2) is 0 Å². The van der Waals surface area contributed by atoms with E-state index in [2.05, 4.69) is 10.3 Å². The average molecular weight is 328 g/mol. The molecular weight excluding hydrogens is 313 g/mol. The van der Waals surface area contributed by atoms with Crippen molar-refractivity contribution in [3.8, 4) is 0 Å². The summed E-state index contributed by atoms with van der Waals surface area (Å²) in [6, 6.07) is 2.84. The minimum Gasteiger partial charge on any atom is -0.465 e. The summed E-state index contributed by atoms with van der Waals surface area (Å²) in [6.07, 6.45) is -4.61. The van der Waals surface area contributed by atoms with Crippen molar-refractivity contribution in [1.29, 1.82) is 0 Å². The van der Waals surface area contributed by atoms with Crippen LogP contribution in [0.4, 0.5) is 18.0 Å². The second-order valence-corrected chi connectivity index (χ2v) is 5.00. The summed E-state index contributed by atoms with van der Waals surface area (Å²) in [5, 5.41) is 2.34. The van der Waals surface area contributed by atoms with E-state index in [9.17, 15) is 22.8 Å². The van der Waals surface area contributed by atoms with Gasteiger partial charge in [-0.1, -0.05) is 18.2 Å². The van der Waals surface area contributed by atoms with Gasteiger partial charge < -0.3 is 10.1 Å². The number of carbonyl (C=O) groups excluding carboxylic acids is 2. The second kappa shape index (κ2) is 6.39. The number of carbonyl (C=O) groups is 2. The summed E-state index contributed by atoms with van der Waals surface area (Å²) in [4.78, 5) is 27.4. The maximum absolute atomic E-state index is 13.2. The first-order chi connectivity index (χ1) is 10.8. The van der Waals surface area contributed by atoms with Crippen LogP contribution >= 0.6 is 0 Å². The quantitative estimate of drug-likeness (QED) is 0.867. The molecule has 0 spiro atoms. The number of esters is 1. The molecular formula is C15H15F3N2O3. The Kier molecular flexibility index (Phi) is 4.72. The van der Waals surface area contributed by atoms with Crippen molar-refractivity contribution in [3.63, 3.8) is 0 Å². The molecule has 124 valence electrons. The first kappa shape index (κ1) is 17.0. The number of alkyl halides is 3. The lowest BCUT2D eigenvalue weighted by Crippen LogP contribution is -2.45. The number of nitrogens with one attached hydrogen (secondary N) is 1. The van der Waals surface area contributed by atoms with Crippen LogP contribution in [0.15, 0.2) is 29.3 Å². The fourth-order valence-corrected chi connectivity index (χ4v) is 2.54. The third kappa shape index (κ3) is 3.52. The molecule has 5 nitrogen and oxygen atoms in total. The Labute approximate surface area is 130 Å². The van der Waals surface area contributed by atoms with Crippen LogP contribution in [0.25, 0.3) is 0 Å². The lowest BCUT2D eigenvalue weighted by atomic mass is 9.86. The molecule has 0 aromatic heterocycles. The van der Waals surface area contributed by atoms with Gasteiger partial charge in [-0.25, -0.2) is 9.79 Å². The van der Waals surface area contributed by atoms with E-state index in [4.69, 9.17) is 4.74 Å². The lowest BCUT2D eigenvalue weighted by Gasteiger charge is -2.31. The van der Waals surface area contributed by atoms with Gasteiger partial charge in [-0.05, 0) is 25.5 Å². The number of benzene rings is 1. The highest BCUT2D eigenvalue weighted by molar-refractivity contribution is 6.08. The molecule has 0 aliphatic carbocycles. The van der Waals surface area contributed by atoms with Gasteiger partial charge in [0.25, 0.3) is 0 Å². The van der Waals surface area contributed by atoms with Gasteiger partial charge in [0.1, 0.15) is 5.92 Å². The van der Waals surface area contributed by atoms with E-state index in [1.54, 1.807) is 6.92 Å². The Balaban J connectivity index is 2.53. The summed E-state index contributed by atoms with van der Waals surface area (Å²) in [5.74, 6) is -1.83. The number of amides is 2. The Hall–Kier alpha value is -2.38. The topological polar surface area (TPSA) is 67.8 Å². The largest absolute Gasteiger partial charge is 0.465 e. The third-order valence-corrected chi connectivity index (χ3v) is 3.48. The van der Waals surface area contributed by atoms with Gasteiger partial charge in [-0.2, -0.15) is 13.2 Å². The van der Waals surface area contributed by atoms with E-state index < -0.39 is 35.7 Å². The number of nitrogens with zero attached hydrogens (tertiary/aromatic N) is 1. The Morgan fingerprint density at radius 2 is 2.00 bits per heavy atom. The number of halogens is 3. The Bertz CT molecular complexity index is 656. The zero-order valence-electron chi connectivity index (χ0n) is 12.5. The van der Waals surface area contributed by atoms with E-state index in [1.807, 2.05) is 0 Å². The molecule has 8 heteroatoms. The number of hydrogen-bond donors (Lipinski definition) is 1. The summed E-state index contributed by atoms with van der Waals surface area (Å²) < 4.78 is 44.6. The van der Waals surface area contributed by atoms with Crippen molar-refractivity contribution in [1.82, 2.24) is 5.32 Å². The SMILES string of the molecule is CCOC(=O)C1C(C)=NC(=O)NC1c1ccccc1C(F)(F)F. The van der Waals surface area contributed by atoms with Crippen LogP contribution < -0.4 is 5.32 Å². The standard InChI is InChI=1S/C15H15F3N2O3/c1-3-23-13(21)11-8(2)19-14(22)20-12(11)9-6-4-5-7-10(9)15(16,17)18/h4-7,11-12H,3H2,1-2H3,(H,20,22). The molecule has 0 radical (unpaired) electrons. The maximum atomic E-state index is 13.2. The molecule has 1 aromatic rings. The molecule has 1 aliphatic rings. The fourth-order valence-electron chi connectivity index (χ4n) is 2.54. The second-order valence-electron chi connectivity index (χ2n) is 5.00. The van der Waals surface area contributed by atoms with Crippen molar-refractivity contribution in [3.05, 3.63) is 35.4 Å². The number of urea groups is 1. The van der Waals surface area contributed by atoms with Gasteiger partial charge in [-0.15, -0.1) is 0 Å². The molecule has 0 saturated heterocycles. The van der Waals surface area contributed by atoms with Crippen molar-refractivity contribution in [2.45, 2.75) is 26.1 Å². The van der Waals surface area contributed by atoms with Crippen LogP contribution in [-0.2, 0) is 15.7 Å². The van der Waals surface area contributed by atoms with E-state index in [0.717, 1.165) is 6.07 Å². The van der Waals surface area contributed by atoms with Crippen LogP contribution in [0.3, 0.4) is 0 Å². The number of aliphatic imine (C=N–C) groups is 1. The fraction of sp³-hybridized carbons (Fsp3) is 0.400. The Morgan fingerprint density at radius 3 is 2.61 bits per heavy atom. The normalized spacial score (nSPS) is 21.4. The van der Waals surface area contributed by atoms with Crippen molar-refractivity contribution < 1.29 is 27.5 Å². The van der Waals surface area contributed by atoms with E-state index >= 15 is 0 Å². The van der Waals surface area contributed by atoms with Gasteiger partial charge in [0, 0.05) is 5.71 Å². The monoisotopic (exact) mass is 328 g/mol. The molecule has 0 fully saturated rings. The predicted molar refractivity (Wildman–Crippen MR) is 75.9 cm³/mol. The first-order valence-corrected chi connectivity index (χ1v) is 6.94. The zero-order valence-corrected chi connectivity index (χ0v) is 12.5. The molecule has 1 N–H and O–H groups in total. The molecule has 2 rings (SSSR count). The average Bonchev–Trinajstić information content (AvgIpc) is 2.45. The van der Waals surface area contributed by atoms with E-state index in [0.29, 0.717) is 0 Å². The minimum atomic E-state index is -4.61. The van der Waals surface area contributed by atoms with E-state index in [-0.39, 0.29) is 17.9 Å². The molecule has 0 saturated carbocycles. The number of ether oxygens (including phenoxy) is 1. The highest BCUT2D eigenvalue weighted by atomic mass is 19.4. The highest BCUT2D eigenvalue weighted by Gasteiger charge is 2.42. The molecule has 0 bridgehead atoms. The number of hydrogen-bond acceptors (Lipinski definition) is 3. The first-order valence-electron chi connectivity index (χ1n) is 6.94. The molecule has 2 atom stereocenters. The molecule has 2 unspecified atom stereocenters. The summed E-state index contributed by atoms with van der Waals surface area (Å²) in [6.45, 7) is 3.08. The van der Waals surface area contributed by atoms with Crippen LogP contribution in [0, 0.1) is 5.92 Å². The van der Waals surface area contributed by atoms with Crippen LogP contribution in [0.1, 0.15) is 31.0 Å². The summed E-state index contributed by atoms with van der Waals surface area (Å²) >= 11 is 0. The van der Waals surface area contributed by atoms with E-state index in [1.165, 1.54) is 25.1 Å². The molecule has 2 amide bonds. The smallest absolute Gasteiger partial charge is 0.416 e. The maximum Gasteiger partial charge on any atom is 0.416 e. The summed E-state index contributed by atoms with van der Waals surface area (Å²) in [7, 11) is 0. The van der Waals surface area contributed by atoms with Crippen LogP contribution in [0.5, 0.6) is 0 Å². The van der Waals surface area contributed by atoms with Crippen LogP contribution in [-0.4, -0.2) is 24.3 Å². The highest BCUT2D eigenvalue weighted by Crippen LogP contribution is 2.38. The van der Waals surface area contributed by atoms with Gasteiger partial charge in [-0.3, -0.25) is 4.79 Å². The molecule has 1 aromatic carbocycles. The summed E-state index contributed by atoms with van der Waals surface area (Å²) in [5.41, 5.74) is -0.982. The minimum absolute atomic E-state index is 0.0736. The lowest BCUT2D eigenvalue weighted by molar-refractivity contribution is -0.147. The van der Waals surface area contributed by atoms with Crippen molar-refractivity contribution >= 4 is 17.7 Å². The zero-order chi connectivity index (χ0) is 17.2. The predicted octanol–water partition coefficient (Wildman–Crippen LogP) is 3.11.